The first-order valence-electron chi connectivity index (χ1n) is 8.15. The van der Waals surface area contributed by atoms with Gasteiger partial charge in [0.2, 0.25) is 5.91 Å². The third-order valence-electron chi connectivity index (χ3n) is 4.45. The number of nitrogens with one attached hydrogen (secondary N) is 1. The van der Waals surface area contributed by atoms with Gasteiger partial charge in [0, 0.05) is 24.3 Å². The number of hydrogen-bond donors (Lipinski definition) is 1. The van der Waals surface area contributed by atoms with Crippen molar-refractivity contribution in [1.82, 2.24) is 15.1 Å². The molecule has 0 bridgehead atoms. The van der Waals surface area contributed by atoms with E-state index in [1.807, 2.05) is 36.5 Å². The van der Waals surface area contributed by atoms with Crippen LogP contribution in [-0.2, 0) is 24.3 Å². The van der Waals surface area contributed by atoms with E-state index in [0.29, 0.717) is 6.54 Å². The number of aromatic nitrogens is 2. The number of aryl methyl sites for hydroxylation is 1. The molecule has 116 valence electrons. The van der Waals surface area contributed by atoms with Gasteiger partial charge >= 0.3 is 0 Å². The fourth-order valence-electron chi connectivity index (χ4n) is 3.20. The Morgan fingerprint density at radius 1 is 1.32 bits per heavy atom. The molecule has 0 fully saturated rings. The number of nitrogens with zero attached hydrogens (tertiary/aromatic N) is 2. The highest BCUT2D eigenvalue weighted by atomic mass is 16.1. The quantitative estimate of drug-likeness (QED) is 0.922. The first kappa shape index (κ1) is 14.8. The second kappa shape index (κ2) is 6.77. The zero-order valence-electron chi connectivity index (χ0n) is 13.1. The second-order valence-electron chi connectivity index (χ2n) is 5.89. The highest BCUT2D eigenvalue weighted by Crippen LogP contribution is 2.21. The second-order valence-corrected chi connectivity index (χ2v) is 5.89. The minimum absolute atomic E-state index is 0.0763. The molecule has 4 heteroatoms. The minimum atomic E-state index is -0.0763. The summed E-state index contributed by atoms with van der Waals surface area (Å²) in [6.07, 6.45) is 6.20. The lowest BCUT2D eigenvalue weighted by molar-refractivity contribution is -0.122. The minimum Gasteiger partial charge on any atom is -0.351 e. The van der Waals surface area contributed by atoms with Crippen LogP contribution in [0.3, 0.4) is 0 Å². The number of fused-ring (bicyclic) bond motifs is 1. The van der Waals surface area contributed by atoms with Crippen LogP contribution in [-0.4, -0.2) is 15.7 Å². The van der Waals surface area contributed by atoms with E-state index in [2.05, 4.69) is 22.0 Å². The van der Waals surface area contributed by atoms with Crippen LogP contribution in [0, 0.1) is 0 Å². The Bertz CT molecular complexity index is 633. The van der Waals surface area contributed by atoms with Crippen LogP contribution < -0.4 is 5.32 Å². The van der Waals surface area contributed by atoms with Gasteiger partial charge in [0.15, 0.2) is 0 Å². The normalized spacial score (nSPS) is 15.1. The van der Waals surface area contributed by atoms with E-state index in [1.165, 1.54) is 18.5 Å². The van der Waals surface area contributed by atoms with E-state index in [0.717, 1.165) is 30.5 Å². The SMILES string of the molecule is CC[C@@H](C(=O)NCc1cnn2c1CCCC2)c1ccccc1. The Labute approximate surface area is 131 Å². The molecule has 1 aromatic heterocycles. The Morgan fingerprint density at radius 2 is 2.14 bits per heavy atom. The molecule has 2 heterocycles. The van der Waals surface area contributed by atoms with Crippen molar-refractivity contribution in [3.05, 3.63) is 53.3 Å². The summed E-state index contributed by atoms with van der Waals surface area (Å²) in [5.41, 5.74) is 3.54. The zero-order chi connectivity index (χ0) is 15.4. The number of rotatable bonds is 5. The molecule has 3 rings (SSSR count). The van der Waals surface area contributed by atoms with Gasteiger partial charge in [-0.25, -0.2) is 0 Å². The molecule has 22 heavy (non-hydrogen) atoms. The summed E-state index contributed by atoms with van der Waals surface area (Å²) in [5.74, 6) is 0.0251. The summed E-state index contributed by atoms with van der Waals surface area (Å²) >= 11 is 0. The van der Waals surface area contributed by atoms with Gasteiger partial charge in [-0.15, -0.1) is 0 Å². The molecule has 0 spiro atoms. The van der Waals surface area contributed by atoms with Gasteiger partial charge < -0.3 is 5.32 Å². The van der Waals surface area contributed by atoms with Crippen molar-refractivity contribution in [2.24, 2.45) is 0 Å². The molecule has 1 aliphatic heterocycles. The highest BCUT2D eigenvalue weighted by Gasteiger charge is 2.20. The molecule has 2 aromatic rings. The van der Waals surface area contributed by atoms with Gasteiger partial charge in [-0.1, -0.05) is 37.3 Å². The summed E-state index contributed by atoms with van der Waals surface area (Å²) in [4.78, 5) is 12.5. The summed E-state index contributed by atoms with van der Waals surface area (Å²) in [6.45, 7) is 3.64. The number of amides is 1. The smallest absolute Gasteiger partial charge is 0.227 e. The number of hydrogen-bond acceptors (Lipinski definition) is 2. The molecule has 4 nitrogen and oxygen atoms in total. The largest absolute Gasteiger partial charge is 0.351 e. The molecule has 1 N–H and O–H groups in total. The lowest BCUT2D eigenvalue weighted by Gasteiger charge is -2.17. The lowest BCUT2D eigenvalue weighted by atomic mass is 9.95. The molecule has 0 unspecified atom stereocenters. The molecule has 1 aromatic carbocycles. The van der Waals surface area contributed by atoms with Crippen molar-refractivity contribution in [1.29, 1.82) is 0 Å². The van der Waals surface area contributed by atoms with Crippen molar-refractivity contribution in [3.8, 4) is 0 Å². The van der Waals surface area contributed by atoms with Gasteiger partial charge in [0.1, 0.15) is 0 Å². The maximum atomic E-state index is 12.5. The summed E-state index contributed by atoms with van der Waals surface area (Å²) in [5, 5.41) is 7.52. The molecule has 0 aliphatic carbocycles. The Morgan fingerprint density at radius 3 is 2.91 bits per heavy atom. The first-order chi connectivity index (χ1) is 10.8. The molecular formula is C18H23N3O. The lowest BCUT2D eigenvalue weighted by Crippen LogP contribution is -2.29. The third-order valence-corrected chi connectivity index (χ3v) is 4.45. The summed E-state index contributed by atoms with van der Waals surface area (Å²) in [7, 11) is 0. The molecule has 1 aliphatic rings. The predicted octanol–water partition coefficient (Wildman–Crippen LogP) is 3.03. The fourth-order valence-corrected chi connectivity index (χ4v) is 3.20. The predicted molar refractivity (Wildman–Crippen MR) is 86.5 cm³/mol. The van der Waals surface area contributed by atoms with Crippen LogP contribution in [0.15, 0.2) is 36.5 Å². The van der Waals surface area contributed by atoms with Crippen molar-refractivity contribution < 1.29 is 4.79 Å². The average Bonchev–Trinajstić information content (AvgIpc) is 2.98. The summed E-state index contributed by atoms with van der Waals surface area (Å²) in [6, 6.07) is 10.00. The van der Waals surface area contributed by atoms with Crippen molar-refractivity contribution in [2.75, 3.05) is 0 Å². The summed E-state index contributed by atoms with van der Waals surface area (Å²) < 4.78 is 2.08. The Hall–Kier alpha value is -2.10. The van der Waals surface area contributed by atoms with Crippen LogP contribution in [0.1, 0.15) is 48.9 Å². The number of benzene rings is 1. The van der Waals surface area contributed by atoms with E-state index in [9.17, 15) is 4.79 Å². The molecular weight excluding hydrogens is 274 g/mol. The fraction of sp³-hybridized carbons (Fsp3) is 0.444. The molecule has 0 saturated carbocycles. The maximum absolute atomic E-state index is 12.5. The Kier molecular flexibility index (Phi) is 4.56. The van der Waals surface area contributed by atoms with Crippen LogP contribution in [0.5, 0.6) is 0 Å². The van der Waals surface area contributed by atoms with E-state index in [1.54, 1.807) is 0 Å². The molecule has 0 radical (unpaired) electrons. The number of carbonyl (C=O) groups excluding carboxylic acids is 1. The van der Waals surface area contributed by atoms with Crippen molar-refractivity contribution in [2.45, 2.75) is 51.6 Å². The topological polar surface area (TPSA) is 46.9 Å². The molecule has 0 saturated heterocycles. The van der Waals surface area contributed by atoms with Gasteiger partial charge in [-0.05, 0) is 31.2 Å². The maximum Gasteiger partial charge on any atom is 0.227 e. The van der Waals surface area contributed by atoms with E-state index in [4.69, 9.17) is 0 Å². The molecule has 1 amide bonds. The van der Waals surface area contributed by atoms with Gasteiger partial charge in [0.25, 0.3) is 0 Å². The van der Waals surface area contributed by atoms with Crippen LogP contribution in [0.2, 0.25) is 0 Å². The number of carbonyl (C=O) groups is 1. The van der Waals surface area contributed by atoms with Crippen molar-refractivity contribution in [3.63, 3.8) is 0 Å². The van der Waals surface area contributed by atoms with Crippen molar-refractivity contribution >= 4 is 5.91 Å². The van der Waals surface area contributed by atoms with Crippen LogP contribution in [0.4, 0.5) is 0 Å². The third kappa shape index (κ3) is 3.06. The van der Waals surface area contributed by atoms with Gasteiger partial charge in [0.05, 0.1) is 12.1 Å². The van der Waals surface area contributed by atoms with E-state index < -0.39 is 0 Å². The first-order valence-corrected chi connectivity index (χ1v) is 8.15. The Balaban J connectivity index is 1.65. The molecule has 1 atom stereocenters. The van der Waals surface area contributed by atoms with E-state index in [-0.39, 0.29) is 11.8 Å². The van der Waals surface area contributed by atoms with Crippen LogP contribution >= 0.6 is 0 Å². The van der Waals surface area contributed by atoms with Gasteiger partial charge in [-0.3, -0.25) is 9.48 Å². The van der Waals surface area contributed by atoms with Crippen LogP contribution in [0.25, 0.3) is 0 Å². The standard InChI is InChI=1S/C18H23N3O/c1-2-16(14-8-4-3-5-9-14)18(22)19-12-15-13-20-21-11-7-6-10-17(15)21/h3-5,8-9,13,16H,2,6-7,10-12H2,1H3,(H,19,22)/t16-/m1/s1. The van der Waals surface area contributed by atoms with Gasteiger partial charge in [-0.2, -0.15) is 5.10 Å². The zero-order valence-corrected chi connectivity index (χ0v) is 13.1. The van der Waals surface area contributed by atoms with E-state index >= 15 is 0 Å². The average molecular weight is 297 g/mol. The monoisotopic (exact) mass is 297 g/mol. The highest BCUT2D eigenvalue weighted by molar-refractivity contribution is 5.83.